The molecule has 0 spiro atoms. The van der Waals surface area contributed by atoms with Crippen LogP contribution in [0, 0.1) is 0 Å². The van der Waals surface area contributed by atoms with E-state index in [0.29, 0.717) is 6.61 Å². The fraction of sp³-hybridized carbons (Fsp3) is 1.00. The largest absolute Gasteiger partial charge is 0.725 e. The summed E-state index contributed by atoms with van der Waals surface area (Å²) in [5.74, 6) is 0. The van der Waals surface area contributed by atoms with Gasteiger partial charge in [0.25, 0.3) is 0 Å². The maximum Gasteiger partial charge on any atom is 0.725 e. The van der Waals surface area contributed by atoms with Crippen molar-refractivity contribution in [2.24, 2.45) is 0 Å². The number of rotatable bonds is 9. The molecular weight excluding hydrogens is 191 g/mol. The van der Waals surface area contributed by atoms with Gasteiger partial charge in [0.15, 0.2) is 0 Å². The highest BCUT2D eigenvalue weighted by molar-refractivity contribution is 7.31. The van der Waals surface area contributed by atoms with E-state index in [9.17, 15) is 4.57 Å². The molecule has 1 unspecified atom stereocenters. The van der Waals surface area contributed by atoms with E-state index in [0.717, 1.165) is 12.8 Å². The van der Waals surface area contributed by atoms with Gasteiger partial charge < -0.3 is 0 Å². The van der Waals surface area contributed by atoms with Crippen molar-refractivity contribution >= 4 is 8.25 Å². The molecule has 4 nitrogen and oxygen atoms in total. The first-order valence-corrected chi connectivity index (χ1v) is 5.86. The highest BCUT2D eigenvalue weighted by Crippen LogP contribution is 2.14. The summed E-state index contributed by atoms with van der Waals surface area (Å²) in [5.41, 5.74) is 0. The molecule has 0 aromatic rings. The van der Waals surface area contributed by atoms with E-state index in [2.05, 4.69) is 16.5 Å². The Morgan fingerprint density at radius 2 is 1.77 bits per heavy atom. The molecule has 0 saturated heterocycles. The number of hydrogen-bond donors (Lipinski definition) is 1. The lowest BCUT2D eigenvalue weighted by Gasteiger charge is -1.97. The summed E-state index contributed by atoms with van der Waals surface area (Å²) >= 11 is 0. The third-order valence-corrected chi connectivity index (χ3v) is 1.93. The minimum absolute atomic E-state index is 0.397. The van der Waals surface area contributed by atoms with Crippen LogP contribution in [0.15, 0.2) is 0 Å². The third-order valence-electron chi connectivity index (χ3n) is 1.70. The minimum atomic E-state index is -2.60. The molecule has 1 atom stereocenters. The van der Waals surface area contributed by atoms with Gasteiger partial charge in [-0.3, -0.25) is 0 Å². The molecule has 1 N–H and O–H groups in total. The number of unbranched alkanes of at least 4 members (excludes halogenated alkanes) is 5. The summed E-state index contributed by atoms with van der Waals surface area (Å²) in [5, 5.41) is 0. The van der Waals surface area contributed by atoms with Crippen LogP contribution >= 0.6 is 8.25 Å². The van der Waals surface area contributed by atoms with Crippen LogP contribution in [-0.2, 0) is 14.1 Å². The SMILES string of the molecule is CCCCCCCCOO[P+](=O)O. The molecule has 0 amide bonds. The van der Waals surface area contributed by atoms with Gasteiger partial charge in [-0.15, -0.1) is 4.89 Å². The molecule has 0 radical (unpaired) electrons. The van der Waals surface area contributed by atoms with Crippen molar-refractivity contribution in [3.05, 3.63) is 0 Å². The van der Waals surface area contributed by atoms with Crippen LogP contribution in [0.25, 0.3) is 0 Å². The highest BCUT2D eigenvalue weighted by atomic mass is 31.1. The van der Waals surface area contributed by atoms with Crippen molar-refractivity contribution in [1.29, 1.82) is 0 Å². The summed E-state index contributed by atoms with van der Waals surface area (Å²) in [6, 6.07) is 0. The molecule has 0 aliphatic heterocycles. The Morgan fingerprint density at radius 1 is 1.15 bits per heavy atom. The van der Waals surface area contributed by atoms with Crippen LogP contribution in [-0.4, -0.2) is 11.5 Å². The van der Waals surface area contributed by atoms with Crippen LogP contribution in [0.5, 0.6) is 0 Å². The minimum Gasteiger partial charge on any atom is -0.187 e. The highest BCUT2D eigenvalue weighted by Gasteiger charge is 2.12. The van der Waals surface area contributed by atoms with Crippen LogP contribution in [0.4, 0.5) is 0 Å². The second-order valence-corrected chi connectivity index (χ2v) is 3.53. The van der Waals surface area contributed by atoms with Crippen LogP contribution in [0.3, 0.4) is 0 Å². The zero-order valence-electron chi connectivity index (χ0n) is 8.07. The molecule has 5 heteroatoms. The molecule has 0 saturated carbocycles. The molecule has 0 fully saturated rings. The molecule has 0 rings (SSSR count). The third kappa shape index (κ3) is 12.0. The quantitative estimate of drug-likeness (QED) is 0.274. The fourth-order valence-corrected chi connectivity index (χ4v) is 1.19. The smallest absolute Gasteiger partial charge is 0.187 e. The molecule has 0 aliphatic rings. The first-order chi connectivity index (χ1) is 6.27. The van der Waals surface area contributed by atoms with E-state index in [1.54, 1.807) is 0 Å². The van der Waals surface area contributed by atoms with Gasteiger partial charge in [-0.1, -0.05) is 39.0 Å². The predicted octanol–water partition coefficient (Wildman–Crippen LogP) is 2.94. The van der Waals surface area contributed by atoms with Gasteiger partial charge in [-0.25, -0.2) is 0 Å². The maximum absolute atomic E-state index is 9.97. The molecule has 0 bridgehead atoms. The Hall–Kier alpha value is -0.0200. The van der Waals surface area contributed by atoms with E-state index in [1.807, 2.05) is 0 Å². The van der Waals surface area contributed by atoms with E-state index in [-0.39, 0.29) is 0 Å². The monoisotopic (exact) mass is 209 g/mol. The van der Waals surface area contributed by atoms with E-state index in [4.69, 9.17) is 4.89 Å². The zero-order valence-corrected chi connectivity index (χ0v) is 8.96. The molecule has 78 valence electrons. The summed E-state index contributed by atoms with van der Waals surface area (Å²) in [6.07, 6.45) is 6.94. The topological polar surface area (TPSA) is 55.8 Å². The van der Waals surface area contributed by atoms with E-state index in [1.165, 1.54) is 25.7 Å². The van der Waals surface area contributed by atoms with Gasteiger partial charge in [-0.2, -0.15) is 4.89 Å². The maximum atomic E-state index is 9.97. The second kappa shape index (κ2) is 10.1. The van der Waals surface area contributed by atoms with Gasteiger partial charge in [0.1, 0.15) is 0 Å². The summed E-state index contributed by atoms with van der Waals surface area (Å²) in [7, 11) is -2.60. The second-order valence-electron chi connectivity index (χ2n) is 2.90. The van der Waals surface area contributed by atoms with Gasteiger partial charge in [0.2, 0.25) is 0 Å². The standard InChI is InChI=1S/C8H17O4P/c1-2-3-4-5-6-7-8-11-12-13(9)10/h2-8H2,1H3/p+1. The Balaban J connectivity index is 2.87. The van der Waals surface area contributed by atoms with Gasteiger partial charge >= 0.3 is 8.25 Å². The van der Waals surface area contributed by atoms with Gasteiger partial charge in [0, 0.05) is 4.57 Å². The predicted molar refractivity (Wildman–Crippen MR) is 50.2 cm³/mol. The number of hydrogen-bond acceptors (Lipinski definition) is 3. The van der Waals surface area contributed by atoms with Gasteiger partial charge in [-0.05, 0) is 6.42 Å². The van der Waals surface area contributed by atoms with Crippen LogP contribution in [0.1, 0.15) is 45.4 Å². The van der Waals surface area contributed by atoms with Gasteiger partial charge in [0.05, 0.1) is 11.3 Å². The molecule has 0 aromatic heterocycles. The Bertz CT molecular complexity index is 129. The summed E-state index contributed by atoms with van der Waals surface area (Å²) in [6.45, 7) is 2.57. The summed E-state index contributed by atoms with van der Waals surface area (Å²) < 4.78 is 14.0. The molecule has 13 heavy (non-hydrogen) atoms. The van der Waals surface area contributed by atoms with Crippen molar-refractivity contribution < 1.29 is 19.0 Å². The summed E-state index contributed by atoms with van der Waals surface area (Å²) in [4.78, 5) is 12.7. The molecular formula is C8H18O4P+. The lowest BCUT2D eigenvalue weighted by Crippen LogP contribution is -1.91. The molecule has 0 heterocycles. The Kier molecular flexibility index (Phi) is 10.0. The van der Waals surface area contributed by atoms with Crippen LogP contribution in [0.2, 0.25) is 0 Å². The van der Waals surface area contributed by atoms with Crippen molar-refractivity contribution in [1.82, 2.24) is 0 Å². The first-order valence-electron chi connectivity index (χ1n) is 4.73. The average Bonchev–Trinajstić information content (AvgIpc) is 2.09. The Labute approximate surface area is 80.1 Å². The lowest BCUT2D eigenvalue weighted by molar-refractivity contribution is -0.208. The zero-order chi connectivity index (χ0) is 9.94. The first kappa shape index (κ1) is 13.0. The Morgan fingerprint density at radius 3 is 2.38 bits per heavy atom. The van der Waals surface area contributed by atoms with Crippen LogP contribution < -0.4 is 0 Å². The van der Waals surface area contributed by atoms with Crippen molar-refractivity contribution in [3.8, 4) is 0 Å². The average molecular weight is 209 g/mol. The molecule has 0 aromatic carbocycles. The van der Waals surface area contributed by atoms with Crippen molar-refractivity contribution in [3.63, 3.8) is 0 Å². The molecule has 0 aliphatic carbocycles. The van der Waals surface area contributed by atoms with Crippen molar-refractivity contribution in [2.45, 2.75) is 45.4 Å². The normalized spacial score (nSPS) is 11.7. The van der Waals surface area contributed by atoms with Crippen molar-refractivity contribution in [2.75, 3.05) is 6.61 Å². The fourth-order valence-electron chi connectivity index (χ4n) is 1.02. The van der Waals surface area contributed by atoms with E-state index >= 15 is 0 Å². The lowest BCUT2D eigenvalue weighted by atomic mass is 10.1. The van der Waals surface area contributed by atoms with E-state index < -0.39 is 8.25 Å².